The second-order valence-corrected chi connectivity index (χ2v) is 6.66. The zero-order valence-corrected chi connectivity index (χ0v) is 11.6. The van der Waals surface area contributed by atoms with Gasteiger partial charge in [0.2, 0.25) is 0 Å². The third-order valence-electron chi connectivity index (χ3n) is 2.55. The second-order valence-electron chi connectivity index (χ2n) is 4.14. The minimum Gasteiger partial charge on any atom is -0.327 e. The smallest absolute Gasteiger partial charge is 0.156 e. The lowest BCUT2D eigenvalue weighted by Gasteiger charge is -2.10. The van der Waals surface area contributed by atoms with Gasteiger partial charge in [0.15, 0.2) is 9.84 Å². The zero-order valence-electron chi connectivity index (χ0n) is 10.1. The van der Waals surface area contributed by atoms with E-state index in [1.807, 2.05) is 13.0 Å². The van der Waals surface area contributed by atoms with E-state index < -0.39 is 9.84 Å². The summed E-state index contributed by atoms with van der Waals surface area (Å²) in [5, 5.41) is 8.99. The van der Waals surface area contributed by atoms with Gasteiger partial charge in [-0.3, -0.25) is 0 Å². The average Bonchev–Trinajstić information content (AvgIpc) is 2.30. The van der Waals surface area contributed by atoms with E-state index in [0.717, 1.165) is 0 Å². The molecule has 0 radical (unpaired) electrons. The second kappa shape index (κ2) is 6.19. The Hall–Kier alpha value is -1.09. The van der Waals surface area contributed by atoms with Crippen LogP contribution in [0.2, 0.25) is 5.02 Å². The number of nitrogens with zero attached hydrogens (tertiary/aromatic N) is 1. The molecule has 1 rings (SSSR count). The summed E-state index contributed by atoms with van der Waals surface area (Å²) in [6.07, 6.45) is 0.611. The van der Waals surface area contributed by atoms with Gasteiger partial charge in [-0.15, -0.1) is 0 Å². The van der Waals surface area contributed by atoms with Gasteiger partial charge in [-0.1, -0.05) is 24.6 Å². The van der Waals surface area contributed by atoms with E-state index in [-0.39, 0.29) is 17.5 Å². The Bertz CT molecular complexity index is 564. The van der Waals surface area contributed by atoms with E-state index in [1.54, 1.807) is 12.1 Å². The largest absolute Gasteiger partial charge is 0.327 e. The van der Waals surface area contributed by atoms with Crippen molar-refractivity contribution in [1.82, 2.24) is 0 Å². The summed E-state index contributed by atoms with van der Waals surface area (Å²) in [4.78, 5) is 0. The summed E-state index contributed by atoms with van der Waals surface area (Å²) in [7, 11) is -3.28. The van der Waals surface area contributed by atoms with Crippen LogP contribution in [0.4, 0.5) is 0 Å². The lowest BCUT2D eigenvalue weighted by molar-refractivity contribution is 0.583. The Balaban J connectivity index is 2.88. The molecule has 0 bridgehead atoms. The Morgan fingerprint density at radius 3 is 2.67 bits per heavy atom. The summed E-state index contributed by atoms with van der Waals surface area (Å²) in [6, 6.07) is 6.17. The van der Waals surface area contributed by atoms with Crippen LogP contribution in [0.1, 0.15) is 24.5 Å². The molecule has 4 nitrogen and oxygen atoms in total. The molecule has 0 fully saturated rings. The maximum atomic E-state index is 11.9. The molecule has 0 heterocycles. The molecule has 1 atom stereocenters. The van der Waals surface area contributed by atoms with Crippen molar-refractivity contribution in [2.45, 2.75) is 25.1 Å². The van der Waals surface area contributed by atoms with Crippen molar-refractivity contribution in [2.75, 3.05) is 5.75 Å². The van der Waals surface area contributed by atoms with E-state index in [2.05, 4.69) is 0 Å². The molecule has 0 aromatic heterocycles. The number of sulfone groups is 1. The topological polar surface area (TPSA) is 84.0 Å². The molecule has 1 aromatic rings. The molecule has 98 valence electrons. The number of halogens is 1. The average molecular weight is 287 g/mol. The SMILES string of the molecule is CCC(N)CS(=O)(=O)Cc1ccc(C#N)cc1Cl. The summed E-state index contributed by atoms with van der Waals surface area (Å²) in [6.45, 7) is 1.84. The van der Waals surface area contributed by atoms with Crippen LogP contribution in [0, 0.1) is 11.3 Å². The summed E-state index contributed by atoms with van der Waals surface area (Å²) in [5.41, 5.74) is 6.55. The van der Waals surface area contributed by atoms with E-state index in [4.69, 9.17) is 22.6 Å². The van der Waals surface area contributed by atoms with Crippen LogP contribution in [-0.4, -0.2) is 20.2 Å². The molecular formula is C12H15ClN2O2S. The summed E-state index contributed by atoms with van der Waals surface area (Å²) in [5.74, 6) is -0.203. The fraction of sp³-hybridized carbons (Fsp3) is 0.417. The molecule has 0 aliphatic rings. The van der Waals surface area contributed by atoms with Crippen LogP contribution in [0.25, 0.3) is 0 Å². The van der Waals surface area contributed by atoms with E-state index in [9.17, 15) is 8.42 Å². The van der Waals surface area contributed by atoms with Crippen LogP contribution in [0.3, 0.4) is 0 Å². The van der Waals surface area contributed by atoms with Gasteiger partial charge in [0.1, 0.15) is 0 Å². The summed E-state index contributed by atoms with van der Waals surface area (Å²) < 4.78 is 23.7. The van der Waals surface area contributed by atoms with Crippen LogP contribution in [-0.2, 0) is 15.6 Å². The molecule has 0 aliphatic carbocycles. The van der Waals surface area contributed by atoms with Gasteiger partial charge >= 0.3 is 0 Å². The molecule has 2 N–H and O–H groups in total. The maximum Gasteiger partial charge on any atom is 0.156 e. The first-order chi connectivity index (χ1) is 8.38. The molecule has 6 heteroatoms. The summed E-state index contributed by atoms with van der Waals surface area (Å²) >= 11 is 5.94. The predicted octanol–water partition coefficient (Wildman–Crippen LogP) is 1.86. The monoisotopic (exact) mass is 286 g/mol. The normalized spacial score (nSPS) is 13.0. The quantitative estimate of drug-likeness (QED) is 0.895. The highest BCUT2D eigenvalue weighted by Crippen LogP contribution is 2.20. The fourth-order valence-electron chi connectivity index (χ4n) is 1.47. The zero-order chi connectivity index (χ0) is 13.8. The minimum absolute atomic E-state index is 0.0557. The van der Waals surface area contributed by atoms with Crippen molar-refractivity contribution in [1.29, 1.82) is 5.26 Å². The van der Waals surface area contributed by atoms with Crippen LogP contribution in [0.5, 0.6) is 0 Å². The van der Waals surface area contributed by atoms with Crippen molar-refractivity contribution in [3.63, 3.8) is 0 Å². The van der Waals surface area contributed by atoms with Crippen molar-refractivity contribution < 1.29 is 8.42 Å². The van der Waals surface area contributed by atoms with Gasteiger partial charge in [0.25, 0.3) is 0 Å². The van der Waals surface area contributed by atoms with Gasteiger partial charge in [-0.25, -0.2) is 8.42 Å². The Kier molecular flexibility index (Phi) is 5.15. The first-order valence-electron chi connectivity index (χ1n) is 5.52. The van der Waals surface area contributed by atoms with Crippen molar-refractivity contribution in [3.05, 3.63) is 34.3 Å². The van der Waals surface area contributed by atoms with Gasteiger partial charge in [0.05, 0.1) is 23.1 Å². The van der Waals surface area contributed by atoms with E-state index in [1.165, 1.54) is 6.07 Å². The number of benzene rings is 1. The Morgan fingerprint density at radius 1 is 1.50 bits per heavy atom. The van der Waals surface area contributed by atoms with Crippen molar-refractivity contribution >= 4 is 21.4 Å². The molecule has 18 heavy (non-hydrogen) atoms. The predicted molar refractivity (Wildman–Crippen MR) is 71.9 cm³/mol. The lowest BCUT2D eigenvalue weighted by Crippen LogP contribution is -2.29. The number of hydrogen-bond acceptors (Lipinski definition) is 4. The van der Waals surface area contributed by atoms with Gasteiger partial charge in [-0.2, -0.15) is 5.26 Å². The molecule has 1 unspecified atom stereocenters. The number of nitriles is 1. The van der Waals surface area contributed by atoms with Gasteiger partial charge in [-0.05, 0) is 24.1 Å². The van der Waals surface area contributed by atoms with Crippen molar-refractivity contribution in [2.24, 2.45) is 5.73 Å². The first-order valence-corrected chi connectivity index (χ1v) is 7.72. The highest BCUT2D eigenvalue weighted by molar-refractivity contribution is 7.90. The highest BCUT2D eigenvalue weighted by atomic mass is 35.5. The first kappa shape index (κ1) is 15.0. The third kappa shape index (κ3) is 4.30. The standard InChI is InChI=1S/C12H15ClN2O2S/c1-2-11(15)8-18(16,17)7-10-4-3-9(6-14)5-12(10)13/h3-5,11H,2,7-8,15H2,1H3. The molecule has 0 saturated carbocycles. The van der Waals surface area contributed by atoms with Crippen LogP contribution in [0.15, 0.2) is 18.2 Å². The molecule has 0 aliphatic heterocycles. The molecule has 0 saturated heterocycles. The number of nitrogens with two attached hydrogens (primary N) is 1. The minimum atomic E-state index is -3.28. The van der Waals surface area contributed by atoms with Crippen LogP contribution < -0.4 is 5.73 Å². The van der Waals surface area contributed by atoms with E-state index in [0.29, 0.717) is 22.6 Å². The number of hydrogen-bond donors (Lipinski definition) is 1. The van der Waals surface area contributed by atoms with Crippen LogP contribution >= 0.6 is 11.6 Å². The maximum absolute atomic E-state index is 11.9. The highest BCUT2D eigenvalue weighted by Gasteiger charge is 2.17. The molecule has 0 spiro atoms. The van der Waals surface area contributed by atoms with E-state index >= 15 is 0 Å². The fourth-order valence-corrected chi connectivity index (χ4v) is 3.53. The Labute approximate surface area is 112 Å². The molecular weight excluding hydrogens is 272 g/mol. The molecule has 0 amide bonds. The lowest BCUT2D eigenvalue weighted by atomic mass is 10.2. The molecule has 1 aromatic carbocycles. The van der Waals surface area contributed by atoms with Gasteiger partial charge in [0, 0.05) is 11.1 Å². The number of rotatable bonds is 5. The van der Waals surface area contributed by atoms with Gasteiger partial charge < -0.3 is 5.73 Å². The Morgan fingerprint density at radius 2 is 2.17 bits per heavy atom. The third-order valence-corrected chi connectivity index (χ3v) is 4.59. The van der Waals surface area contributed by atoms with Crippen molar-refractivity contribution in [3.8, 4) is 6.07 Å².